The Kier molecular flexibility index (Phi) is 5.45. The summed E-state index contributed by atoms with van der Waals surface area (Å²) < 4.78 is 5.46. The van der Waals surface area contributed by atoms with Gasteiger partial charge >= 0.3 is 6.09 Å². The quantitative estimate of drug-likeness (QED) is 0.821. The third-order valence-corrected chi connectivity index (χ3v) is 3.54. The molecule has 0 heterocycles. The van der Waals surface area contributed by atoms with Gasteiger partial charge in [0.25, 0.3) is 0 Å². The molecule has 0 bridgehead atoms. The first kappa shape index (κ1) is 15.3. The molecule has 1 aliphatic carbocycles. The monoisotopic (exact) mass is 256 g/mol. The molecular formula is C14H28N2O2. The Bertz CT molecular complexity index is 273. The summed E-state index contributed by atoms with van der Waals surface area (Å²) in [6, 6.07) is 0. The summed E-state index contributed by atoms with van der Waals surface area (Å²) in [7, 11) is 1.90. The molecule has 0 radical (unpaired) electrons. The lowest BCUT2D eigenvalue weighted by Gasteiger charge is -2.38. The zero-order chi connectivity index (χ0) is 13.8. The number of rotatable bonds is 5. The Morgan fingerprint density at radius 3 is 2.44 bits per heavy atom. The molecule has 1 rings (SSSR count). The lowest BCUT2D eigenvalue weighted by atomic mass is 9.75. The Balaban J connectivity index is 2.50. The normalized spacial score (nSPS) is 23.4. The van der Waals surface area contributed by atoms with E-state index in [1.807, 2.05) is 32.7 Å². The number of likely N-dealkylation sites (N-methyl/N-ethyl adjacent to an activating group) is 1. The van der Waals surface area contributed by atoms with Crippen molar-refractivity contribution in [2.75, 3.05) is 26.7 Å². The predicted molar refractivity (Wildman–Crippen MR) is 73.6 cm³/mol. The number of carbonyl (C=O) groups excluding carboxylic acids is 1. The van der Waals surface area contributed by atoms with Crippen LogP contribution in [0.2, 0.25) is 0 Å². The summed E-state index contributed by atoms with van der Waals surface area (Å²) in [6.07, 6.45) is 2.34. The lowest BCUT2D eigenvalue weighted by molar-refractivity contribution is 0.0153. The maximum absolute atomic E-state index is 12.1. The van der Waals surface area contributed by atoms with E-state index in [0.717, 1.165) is 19.0 Å². The van der Waals surface area contributed by atoms with Crippen LogP contribution in [0.5, 0.6) is 0 Å². The van der Waals surface area contributed by atoms with Crippen molar-refractivity contribution < 1.29 is 9.53 Å². The van der Waals surface area contributed by atoms with Gasteiger partial charge in [0.2, 0.25) is 0 Å². The molecule has 0 aromatic heterocycles. The van der Waals surface area contributed by atoms with E-state index in [1.54, 1.807) is 0 Å². The van der Waals surface area contributed by atoms with E-state index in [2.05, 4.69) is 12.2 Å². The summed E-state index contributed by atoms with van der Waals surface area (Å²) >= 11 is 0. The van der Waals surface area contributed by atoms with Crippen molar-refractivity contribution in [2.45, 2.75) is 46.1 Å². The highest BCUT2D eigenvalue weighted by Gasteiger charge is 2.31. The van der Waals surface area contributed by atoms with Crippen LogP contribution in [0.15, 0.2) is 0 Å². The Labute approximate surface area is 111 Å². The molecule has 1 aliphatic rings. The number of nitrogens with zero attached hydrogens (tertiary/aromatic N) is 1. The topological polar surface area (TPSA) is 41.6 Å². The van der Waals surface area contributed by atoms with Crippen molar-refractivity contribution in [2.24, 2.45) is 11.8 Å². The van der Waals surface area contributed by atoms with E-state index in [0.29, 0.717) is 12.5 Å². The molecule has 0 saturated heterocycles. The third kappa shape index (κ3) is 4.84. The number of nitrogens with one attached hydrogen (secondary N) is 1. The van der Waals surface area contributed by atoms with Gasteiger partial charge in [-0.2, -0.15) is 0 Å². The number of hydrogen-bond acceptors (Lipinski definition) is 3. The van der Waals surface area contributed by atoms with Crippen LogP contribution in [0.25, 0.3) is 0 Å². The van der Waals surface area contributed by atoms with Crippen LogP contribution in [0.1, 0.15) is 40.5 Å². The van der Waals surface area contributed by atoms with E-state index < -0.39 is 5.60 Å². The third-order valence-electron chi connectivity index (χ3n) is 3.54. The van der Waals surface area contributed by atoms with Crippen molar-refractivity contribution in [3.05, 3.63) is 0 Å². The largest absolute Gasteiger partial charge is 0.444 e. The highest BCUT2D eigenvalue weighted by Crippen LogP contribution is 2.34. The van der Waals surface area contributed by atoms with Crippen molar-refractivity contribution in [3.8, 4) is 0 Å². The van der Waals surface area contributed by atoms with E-state index >= 15 is 0 Å². The highest BCUT2D eigenvalue weighted by molar-refractivity contribution is 5.68. The Hall–Kier alpha value is -0.770. The first-order valence-electron chi connectivity index (χ1n) is 6.96. The maximum atomic E-state index is 12.1. The fourth-order valence-corrected chi connectivity index (χ4v) is 2.12. The van der Waals surface area contributed by atoms with Crippen LogP contribution >= 0.6 is 0 Å². The van der Waals surface area contributed by atoms with Gasteiger partial charge in [0.1, 0.15) is 5.60 Å². The number of amides is 1. The highest BCUT2D eigenvalue weighted by atomic mass is 16.6. The zero-order valence-electron chi connectivity index (χ0n) is 12.5. The Morgan fingerprint density at radius 1 is 1.39 bits per heavy atom. The molecule has 0 spiro atoms. The molecule has 0 aromatic rings. The average molecular weight is 256 g/mol. The molecule has 1 fully saturated rings. The summed E-state index contributed by atoms with van der Waals surface area (Å²) in [5, 5.41) is 3.09. The van der Waals surface area contributed by atoms with E-state index in [1.165, 1.54) is 12.8 Å². The second kappa shape index (κ2) is 6.41. The molecule has 4 heteroatoms. The minimum atomic E-state index is -0.416. The van der Waals surface area contributed by atoms with Gasteiger partial charge in [-0.3, -0.25) is 0 Å². The summed E-state index contributed by atoms with van der Waals surface area (Å²) in [4.78, 5) is 14.0. The van der Waals surface area contributed by atoms with Gasteiger partial charge in [-0.05, 0) is 46.1 Å². The summed E-state index contributed by atoms with van der Waals surface area (Å²) in [5.41, 5.74) is -0.416. The van der Waals surface area contributed by atoms with E-state index in [9.17, 15) is 4.79 Å². The molecule has 18 heavy (non-hydrogen) atoms. The number of hydrogen-bond donors (Lipinski definition) is 1. The van der Waals surface area contributed by atoms with Crippen molar-refractivity contribution >= 4 is 6.09 Å². The van der Waals surface area contributed by atoms with Crippen LogP contribution in [-0.2, 0) is 4.74 Å². The smallest absolute Gasteiger partial charge is 0.410 e. The molecular weight excluding hydrogens is 228 g/mol. The van der Waals surface area contributed by atoms with Crippen LogP contribution in [0.4, 0.5) is 4.79 Å². The molecule has 1 saturated carbocycles. The second-order valence-electron chi connectivity index (χ2n) is 6.34. The molecule has 1 amide bonds. The first-order chi connectivity index (χ1) is 8.33. The molecule has 106 valence electrons. The predicted octanol–water partition coefficient (Wildman–Crippen LogP) is 2.49. The molecule has 0 aromatic carbocycles. The summed E-state index contributed by atoms with van der Waals surface area (Å²) in [5.74, 6) is 1.39. The van der Waals surface area contributed by atoms with Crippen LogP contribution in [-0.4, -0.2) is 43.3 Å². The molecule has 1 unspecified atom stereocenters. The second-order valence-corrected chi connectivity index (χ2v) is 6.34. The fourth-order valence-electron chi connectivity index (χ4n) is 2.12. The van der Waals surface area contributed by atoms with Crippen LogP contribution in [0.3, 0.4) is 0 Å². The zero-order valence-corrected chi connectivity index (χ0v) is 12.5. The van der Waals surface area contributed by atoms with Crippen molar-refractivity contribution in [1.29, 1.82) is 0 Å². The lowest BCUT2D eigenvalue weighted by Crippen LogP contribution is -2.45. The molecule has 1 N–H and O–H groups in total. The number of carbonyl (C=O) groups is 1. The number of ether oxygens (including phenoxy) is 1. The minimum Gasteiger partial charge on any atom is -0.444 e. The molecule has 0 aliphatic heterocycles. The summed E-state index contributed by atoms with van der Waals surface area (Å²) in [6.45, 7) is 10.3. The minimum absolute atomic E-state index is 0.183. The van der Waals surface area contributed by atoms with Crippen molar-refractivity contribution in [3.63, 3.8) is 0 Å². The van der Waals surface area contributed by atoms with Gasteiger partial charge in [0.05, 0.1) is 0 Å². The SMILES string of the molecule is CNCCN(C[C@H]1CCC1C)C(=O)OC(C)(C)C. The standard InChI is InChI=1S/C14H28N2O2/c1-11-6-7-12(11)10-16(9-8-15-5)13(17)18-14(2,3)4/h11-12,15H,6-10H2,1-5H3/t11?,12-/m1/s1. The van der Waals surface area contributed by atoms with E-state index in [4.69, 9.17) is 4.74 Å². The Morgan fingerprint density at radius 2 is 2.06 bits per heavy atom. The molecule has 4 nitrogen and oxygen atoms in total. The fraction of sp³-hybridized carbons (Fsp3) is 0.929. The maximum Gasteiger partial charge on any atom is 0.410 e. The van der Waals surface area contributed by atoms with E-state index in [-0.39, 0.29) is 6.09 Å². The van der Waals surface area contributed by atoms with Crippen LogP contribution < -0.4 is 5.32 Å². The van der Waals surface area contributed by atoms with Gasteiger partial charge in [-0.25, -0.2) is 4.79 Å². The van der Waals surface area contributed by atoms with Gasteiger partial charge in [-0.15, -0.1) is 0 Å². The van der Waals surface area contributed by atoms with Gasteiger partial charge < -0.3 is 15.0 Å². The molecule has 2 atom stereocenters. The van der Waals surface area contributed by atoms with Gasteiger partial charge in [0.15, 0.2) is 0 Å². The van der Waals surface area contributed by atoms with Gasteiger partial charge in [-0.1, -0.05) is 13.3 Å². The van der Waals surface area contributed by atoms with Crippen molar-refractivity contribution in [1.82, 2.24) is 10.2 Å². The van der Waals surface area contributed by atoms with Crippen LogP contribution in [0, 0.1) is 11.8 Å². The van der Waals surface area contributed by atoms with Gasteiger partial charge in [0, 0.05) is 19.6 Å². The average Bonchev–Trinajstić information content (AvgIpc) is 2.24. The first-order valence-corrected chi connectivity index (χ1v) is 6.96.